The van der Waals surface area contributed by atoms with E-state index in [9.17, 15) is 4.79 Å². The summed E-state index contributed by atoms with van der Waals surface area (Å²) >= 11 is 0. The highest BCUT2D eigenvalue weighted by Gasteiger charge is 2.19. The monoisotopic (exact) mass is 228 g/mol. The van der Waals surface area contributed by atoms with Crippen LogP contribution in [0.25, 0.3) is 0 Å². The normalized spacial score (nSPS) is 15.2. The molecule has 0 aromatic rings. The van der Waals surface area contributed by atoms with E-state index in [1.54, 1.807) is 0 Å². The molecule has 0 aromatic heterocycles. The van der Waals surface area contributed by atoms with E-state index in [0.717, 1.165) is 19.4 Å². The maximum Gasteiger partial charge on any atom is 0.237 e. The predicted molar refractivity (Wildman–Crippen MR) is 69.4 cm³/mol. The predicted octanol–water partition coefficient (Wildman–Crippen LogP) is 2.27. The zero-order chi connectivity index (χ0) is 12.7. The fraction of sp³-hybridized carbons (Fsp3) is 0.923. The van der Waals surface area contributed by atoms with Crippen LogP contribution in [0.1, 0.15) is 47.5 Å². The maximum atomic E-state index is 11.9. The van der Waals surface area contributed by atoms with Gasteiger partial charge in [-0.05, 0) is 33.2 Å². The minimum atomic E-state index is -0.0401. The van der Waals surface area contributed by atoms with Crippen molar-refractivity contribution in [3.63, 3.8) is 0 Å². The van der Waals surface area contributed by atoms with Crippen molar-refractivity contribution in [2.75, 3.05) is 13.6 Å². The molecule has 0 radical (unpaired) electrons. The van der Waals surface area contributed by atoms with Gasteiger partial charge in [-0.2, -0.15) is 0 Å². The molecule has 0 unspecified atom stereocenters. The van der Waals surface area contributed by atoms with Gasteiger partial charge >= 0.3 is 0 Å². The van der Waals surface area contributed by atoms with Crippen LogP contribution in [0.15, 0.2) is 0 Å². The van der Waals surface area contributed by atoms with Crippen LogP contribution < -0.4 is 5.32 Å². The minimum Gasteiger partial charge on any atom is -0.352 e. The van der Waals surface area contributed by atoms with Crippen LogP contribution in [0.2, 0.25) is 0 Å². The van der Waals surface area contributed by atoms with Gasteiger partial charge in [-0.25, -0.2) is 0 Å². The maximum absolute atomic E-state index is 11.9. The van der Waals surface area contributed by atoms with Crippen LogP contribution in [0.4, 0.5) is 0 Å². The van der Waals surface area contributed by atoms with Crippen LogP contribution in [0.5, 0.6) is 0 Å². The Morgan fingerprint density at radius 3 is 2.25 bits per heavy atom. The number of carbonyl (C=O) groups excluding carboxylic acids is 1. The first-order chi connectivity index (χ1) is 7.38. The molecular weight excluding hydrogens is 200 g/mol. The van der Waals surface area contributed by atoms with E-state index < -0.39 is 0 Å². The molecule has 0 bridgehead atoms. The highest BCUT2D eigenvalue weighted by Crippen LogP contribution is 2.03. The third kappa shape index (κ3) is 6.11. The number of nitrogens with zero attached hydrogens (tertiary/aromatic N) is 1. The molecule has 3 heteroatoms. The molecule has 0 aromatic carbocycles. The van der Waals surface area contributed by atoms with Crippen molar-refractivity contribution in [1.82, 2.24) is 10.2 Å². The van der Waals surface area contributed by atoms with Crippen molar-refractivity contribution in [2.45, 2.75) is 59.5 Å². The average Bonchev–Trinajstić information content (AvgIpc) is 2.15. The molecule has 0 rings (SSSR count). The number of hydrogen-bond donors (Lipinski definition) is 1. The van der Waals surface area contributed by atoms with E-state index in [2.05, 4.69) is 37.9 Å². The standard InChI is InChI=1S/C13H28N2O/c1-7-8-11(4)14-13(16)12(5)15(6)9-10(2)3/h10-12H,7-9H2,1-6H3,(H,14,16)/t11-,12+/m1/s1. The van der Waals surface area contributed by atoms with Gasteiger partial charge in [0.2, 0.25) is 5.91 Å². The fourth-order valence-electron chi connectivity index (χ4n) is 1.80. The van der Waals surface area contributed by atoms with E-state index in [4.69, 9.17) is 0 Å². The Kier molecular flexibility index (Phi) is 7.39. The first-order valence-corrected chi connectivity index (χ1v) is 6.39. The molecular formula is C13H28N2O. The second-order valence-corrected chi connectivity index (χ2v) is 5.21. The first kappa shape index (κ1) is 15.4. The minimum absolute atomic E-state index is 0.0401. The quantitative estimate of drug-likeness (QED) is 0.725. The summed E-state index contributed by atoms with van der Waals surface area (Å²) in [6, 6.07) is 0.245. The van der Waals surface area contributed by atoms with E-state index in [-0.39, 0.29) is 18.0 Å². The van der Waals surface area contributed by atoms with Gasteiger partial charge in [0.05, 0.1) is 6.04 Å². The third-order valence-corrected chi connectivity index (χ3v) is 2.80. The molecule has 0 aliphatic carbocycles. The second-order valence-electron chi connectivity index (χ2n) is 5.21. The lowest BCUT2D eigenvalue weighted by Gasteiger charge is -2.26. The smallest absolute Gasteiger partial charge is 0.237 e. The van der Waals surface area contributed by atoms with Gasteiger partial charge in [0.15, 0.2) is 0 Å². The zero-order valence-electron chi connectivity index (χ0n) is 11.7. The van der Waals surface area contributed by atoms with Crippen molar-refractivity contribution in [2.24, 2.45) is 5.92 Å². The molecule has 0 heterocycles. The van der Waals surface area contributed by atoms with E-state index in [1.807, 2.05) is 14.0 Å². The lowest BCUT2D eigenvalue weighted by atomic mass is 10.1. The van der Waals surface area contributed by atoms with Crippen LogP contribution in [0, 0.1) is 5.92 Å². The average molecular weight is 228 g/mol. The van der Waals surface area contributed by atoms with E-state index in [1.165, 1.54) is 0 Å². The van der Waals surface area contributed by atoms with Crippen molar-refractivity contribution in [3.8, 4) is 0 Å². The molecule has 0 aliphatic rings. The van der Waals surface area contributed by atoms with Gasteiger partial charge in [-0.1, -0.05) is 27.2 Å². The molecule has 2 atom stereocenters. The van der Waals surface area contributed by atoms with Crippen molar-refractivity contribution in [3.05, 3.63) is 0 Å². The summed E-state index contributed by atoms with van der Waals surface area (Å²) in [6.45, 7) is 11.5. The van der Waals surface area contributed by atoms with Crippen LogP contribution in [-0.2, 0) is 4.79 Å². The lowest BCUT2D eigenvalue weighted by molar-refractivity contribution is -0.126. The van der Waals surface area contributed by atoms with Gasteiger partial charge in [0.1, 0.15) is 0 Å². The summed E-state index contributed by atoms with van der Waals surface area (Å²) in [4.78, 5) is 14.0. The first-order valence-electron chi connectivity index (χ1n) is 6.39. The Bertz CT molecular complexity index is 204. The number of carbonyl (C=O) groups is 1. The SMILES string of the molecule is CCC[C@@H](C)NC(=O)[C@H](C)N(C)CC(C)C. The number of amides is 1. The number of hydrogen-bond acceptors (Lipinski definition) is 2. The summed E-state index contributed by atoms with van der Waals surface area (Å²) in [5, 5.41) is 3.05. The summed E-state index contributed by atoms with van der Waals surface area (Å²) in [5.74, 6) is 0.734. The Morgan fingerprint density at radius 1 is 1.25 bits per heavy atom. The summed E-state index contributed by atoms with van der Waals surface area (Å²) in [6.07, 6.45) is 2.16. The highest BCUT2D eigenvalue weighted by atomic mass is 16.2. The van der Waals surface area contributed by atoms with Gasteiger partial charge in [-0.3, -0.25) is 9.69 Å². The van der Waals surface area contributed by atoms with E-state index >= 15 is 0 Å². The molecule has 1 amide bonds. The highest BCUT2D eigenvalue weighted by molar-refractivity contribution is 5.81. The van der Waals surface area contributed by atoms with Crippen LogP contribution in [-0.4, -0.2) is 36.5 Å². The van der Waals surface area contributed by atoms with Crippen molar-refractivity contribution >= 4 is 5.91 Å². The summed E-state index contributed by atoms with van der Waals surface area (Å²) in [7, 11) is 2.01. The molecule has 96 valence electrons. The summed E-state index contributed by atoms with van der Waals surface area (Å²) < 4.78 is 0. The molecule has 16 heavy (non-hydrogen) atoms. The largest absolute Gasteiger partial charge is 0.352 e. The van der Waals surface area contributed by atoms with Crippen LogP contribution in [0.3, 0.4) is 0 Å². The topological polar surface area (TPSA) is 32.3 Å². The molecule has 0 fully saturated rings. The van der Waals surface area contributed by atoms with Crippen molar-refractivity contribution in [1.29, 1.82) is 0 Å². The van der Waals surface area contributed by atoms with Gasteiger partial charge in [0, 0.05) is 12.6 Å². The molecule has 1 N–H and O–H groups in total. The second kappa shape index (κ2) is 7.66. The molecule has 0 spiro atoms. The van der Waals surface area contributed by atoms with Crippen LogP contribution >= 0.6 is 0 Å². The fourth-order valence-corrected chi connectivity index (χ4v) is 1.80. The molecule has 0 saturated carbocycles. The van der Waals surface area contributed by atoms with Gasteiger partial charge in [-0.15, -0.1) is 0 Å². The number of rotatable bonds is 7. The van der Waals surface area contributed by atoms with Gasteiger partial charge < -0.3 is 5.32 Å². The number of nitrogens with one attached hydrogen (secondary N) is 1. The zero-order valence-corrected chi connectivity index (χ0v) is 11.7. The molecule has 3 nitrogen and oxygen atoms in total. The Hall–Kier alpha value is -0.570. The Labute approximate surface area is 101 Å². The van der Waals surface area contributed by atoms with Crippen molar-refractivity contribution < 1.29 is 4.79 Å². The molecule has 0 aliphatic heterocycles. The lowest BCUT2D eigenvalue weighted by Crippen LogP contribution is -2.47. The third-order valence-electron chi connectivity index (χ3n) is 2.80. The Balaban J connectivity index is 4.06. The molecule has 0 saturated heterocycles. The summed E-state index contributed by atoms with van der Waals surface area (Å²) in [5.41, 5.74) is 0. The number of likely N-dealkylation sites (N-methyl/N-ethyl adjacent to an activating group) is 1. The van der Waals surface area contributed by atoms with E-state index in [0.29, 0.717) is 5.92 Å². The Morgan fingerprint density at radius 2 is 1.81 bits per heavy atom. The van der Waals surface area contributed by atoms with Gasteiger partial charge in [0.25, 0.3) is 0 Å².